The van der Waals surface area contributed by atoms with Gasteiger partial charge in [0.15, 0.2) is 0 Å². The summed E-state index contributed by atoms with van der Waals surface area (Å²) in [6.07, 6.45) is -0.0342. The topological polar surface area (TPSA) is 44.5 Å². The van der Waals surface area contributed by atoms with Crippen LogP contribution in [0.25, 0.3) is 0 Å². The fourth-order valence-electron chi connectivity index (χ4n) is 1.38. The molecule has 0 aliphatic carbocycles. The molecule has 16 heavy (non-hydrogen) atoms. The molecule has 2 N–H and O–H groups in total. The van der Waals surface area contributed by atoms with Crippen LogP contribution in [-0.2, 0) is 4.74 Å². The van der Waals surface area contributed by atoms with Crippen LogP contribution in [0.15, 0.2) is 22.7 Å². The van der Waals surface area contributed by atoms with Crippen molar-refractivity contribution >= 4 is 15.9 Å². The molecule has 3 nitrogen and oxygen atoms in total. The first-order valence-corrected chi connectivity index (χ1v) is 6.17. The molecule has 90 valence electrons. The standard InChI is InChI=1S/C12H18BrNO2/c1-3-15-11(7-14)8-16-12-5-4-10(13)6-9(12)2/h4-6,11H,3,7-8,14H2,1-2H3. The predicted octanol–water partition coefficient (Wildman–Crippen LogP) is 2.50. The molecular formula is C12H18BrNO2. The molecule has 0 saturated heterocycles. The van der Waals surface area contributed by atoms with E-state index in [2.05, 4.69) is 15.9 Å². The minimum absolute atomic E-state index is 0.0342. The molecule has 0 bridgehead atoms. The van der Waals surface area contributed by atoms with Gasteiger partial charge in [-0.05, 0) is 37.6 Å². The van der Waals surface area contributed by atoms with Crippen molar-refractivity contribution in [3.63, 3.8) is 0 Å². The summed E-state index contributed by atoms with van der Waals surface area (Å²) in [6.45, 7) is 5.59. The van der Waals surface area contributed by atoms with Gasteiger partial charge in [-0.2, -0.15) is 0 Å². The van der Waals surface area contributed by atoms with Crippen molar-refractivity contribution in [2.75, 3.05) is 19.8 Å². The molecule has 0 spiro atoms. The Balaban J connectivity index is 2.53. The zero-order chi connectivity index (χ0) is 12.0. The summed E-state index contributed by atoms with van der Waals surface area (Å²) in [5, 5.41) is 0. The fraction of sp³-hybridized carbons (Fsp3) is 0.500. The van der Waals surface area contributed by atoms with E-state index in [1.165, 1.54) is 0 Å². The summed E-state index contributed by atoms with van der Waals surface area (Å²) in [4.78, 5) is 0. The molecule has 4 heteroatoms. The van der Waals surface area contributed by atoms with Gasteiger partial charge in [0.25, 0.3) is 0 Å². The first-order valence-electron chi connectivity index (χ1n) is 5.38. The van der Waals surface area contributed by atoms with Crippen LogP contribution in [-0.4, -0.2) is 25.9 Å². The van der Waals surface area contributed by atoms with E-state index in [1.54, 1.807) is 0 Å². The first kappa shape index (κ1) is 13.5. The minimum atomic E-state index is -0.0342. The lowest BCUT2D eigenvalue weighted by atomic mass is 10.2. The zero-order valence-corrected chi connectivity index (χ0v) is 11.3. The summed E-state index contributed by atoms with van der Waals surface area (Å²) in [5.74, 6) is 0.876. The smallest absolute Gasteiger partial charge is 0.122 e. The van der Waals surface area contributed by atoms with Crippen LogP contribution in [0.5, 0.6) is 5.75 Å². The highest BCUT2D eigenvalue weighted by Crippen LogP contribution is 2.22. The molecular weight excluding hydrogens is 270 g/mol. The highest BCUT2D eigenvalue weighted by molar-refractivity contribution is 9.10. The summed E-state index contributed by atoms with van der Waals surface area (Å²) in [6, 6.07) is 5.92. The Labute approximate surface area is 105 Å². The van der Waals surface area contributed by atoms with E-state index >= 15 is 0 Å². The van der Waals surface area contributed by atoms with Gasteiger partial charge in [0, 0.05) is 17.6 Å². The molecule has 0 radical (unpaired) electrons. The van der Waals surface area contributed by atoms with Crippen LogP contribution in [0.2, 0.25) is 0 Å². The Morgan fingerprint density at radius 1 is 1.44 bits per heavy atom. The van der Waals surface area contributed by atoms with Crippen molar-refractivity contribution in [3.8, 4) is 5.75 Å². The number of aryl methyl sites for hydroxylation is 1. The molecule has 0 amide bonds. The Hall–Kier alpha value is -0.580. The lowest BCUT2D eigenvalue weighted by molar-refractivity contribution is 0.0335. The molecule has 0 aliphatic heterocycles. The summed E-state index contributed by atoms with van der Waals surface area (Å²) >= 11 is 3.41. The van der Waals surface area contributed by atoms with Gasteiger partial charge in [0.1, 0.15) is 18.5 Å². The number of hydrogen-bond donors (Lipinski definition) is 1. The molecule has 1 atom stereocenters. The number of hydrogen-bond acceptors (Lipinski definition) is 3. The molecule has 0 heterocycles. The minimum Gasteiger partial charge on any atom is -0.491 e. The van der Waals surface area contributed by atoms with Crippen LogP contribution in [0.3, 0.4) is 0 Å². The Morgan fingerprint density at radius 3 is 2.75 bits per heavy atom. The monoisotopic (exact) mass is 287 g/mol. The van der Waals surface area contributed by atoms with E-state index < -0.39 is 0 Å². The third-order valence-corrected chi connectivity index (χ3v) is 2.72. The van der Waals surface area contributed by atoms with Gasteiger partial charge >= 0.3 is 0 Å². The number of ether oxygens (including phenoxy) is 2. The third kappa shape index (κ3) is 4.12. The third-order valence-electron chi connectivity index (χ3n) is 2.23. The van der Waals surface area contributed by atoms with Crippen LogP contribution in [0.1, 0.15) is 12.5 Å². The largest absolute Gasteiger partial charge is 0.491 e. The summed E-state index contributed by atoms with van der Waals surface area (Å²) < 4.78 is 12.1. The van der Waals surface area contributed by atoms with Gasteiger partial charge in [-0.25, -0.2) is 0 Å². The van der Waals surface area contributed by atoms with Crippen LogP contribution < -0.4 is 10.5 Å². The van der Waals surface area contributed by atoms with E-state index in [9.17, 15) is 0 Å². The molecule has 1 aromatic carbocycles. The lowest BCUT2D eigenvalue weighted by Gasteiger charge is -2.16. The number of halogens is 1. The van der Waals surface area contributed by atoms with Gasteiger partial charge in [-0.15, -0.1) is 0 Å². The molecule has 0 saturated carbocycles. The van der Waals surface area contributed by atoms with E-state index in [1.807, 2.05) is 32.0 Å². The first-order chi connectivity index (χ1) is 7.67. The maximum atomic E-state index is 5.67. The van der Waals surface area contributed by atoms with Crippen molar-refractivity contribution in [1.29, 1.82) is 0 Å². The van der Waals surface area contributed by atoms with Gasteiger partial charge < -0.3 is 15.2 Å². The second-order valence-electron chi connectivity index (χ2n) is 3.53. The van der Waals surface area contributed by atoms with E-state index in [4.69, 9.17) is 15.2 Å². The Bertz CT molecular complexity index is 331. The number of nitrogens with two attached hydrogens (primary N) is 1. The highest BCUT2D eigenvalue weighted by Gasteiger charge is 2.08. The SMILES string of the molecule is CCOC(CN)COc1ccc(Br)cc1C. The van der Waals surface area contributed by atoms with Crippen molar-refractivity contribution in [2.24, 2.45) is 5.73 Å². The van der Waals surface area contributed by atoms with Crippen LogP contribution in [0, 0.1) is 6.92 Å². The summed E-state index contributed by atoms with van der Waals surface area (Å²) in [5.41, 5.74) is 6.67. The molecule has 0 aliphatic rings. The molecule has 0 aromatic heterocycles. The second-order valence-corrected chi connectivity index (χ2v) is 4.45. The predicted molar refractivity (Wildman–Crippen MR) is 68.8 cm³/mol. The zero-order valence-electron chi connectivity index (χ0n) is 9.70. The number of rotatable bonds is 6. The van der Waals surface area contributed by atoms with Crippen molar-refractivity contribution in [1.82, 2.24) is 0 Å². The fourth-order valence-corrected chi connectivity index (χ4v) is 1.85. The van der Waals surface area contributed by atoms with Crippen molar-refractivity contribution in [2.45, 2.75) is 20.0 Å². The van der Waals surface area contributed by atoms with Gasteiger partial charge in [-0.3, -0.25) is 0 Å². The van der Waals surface area contributed by atoms with Crippen molar-refractivity contribution < 1.29 is 9.47 Å². The maximum Gasteiger partial charge on any atom is 0.122 e. The van der Waals surface area contributed by atoms with Gasteiger partial charge in [0.05, 0.1) is 0 Å². The summed E-state index contributed by atoms with van der Waals surface area (Å²) in [7, 11) is 0. The van der Waals surface area contributed by atoms with E-state index in [-0.39, 0.29) is 6.10 Å². The van der Waals surface area contributed by atoms with Crippen molar-refractivity contribution in [3.05, 3.63) is 28.2 Å². The normalized spacial score (nSPS) is 12.5. The Kier molecular flexibility index (Phi) is 5.80. The maximum absolute atomic E-state index is 5.67. The van der Waals surface area contributed by atoms with E-state index in [0.29, 0.717) is 19.8 Å². The molecule has 1 unspecified atom stereocenters. The van der Waals surface area contributed by atoms with Gasteiger partial charge in [0.2, 0.25) is 0 Å². The van der Waals surface area contributed by atoms with Crippen LogP contribution in [0.4, 0.5) is 0 Å². The van der Waals surface area contributed by atoms with Crippen LogP contribution >= 0.6 is 15.9 Å². The molecule has 0 fully saturated rings. The average Bonchev–Trinajstić information content (AvgIpc) is 2.26. The molecule has 1 aromatic rings. The molecule has 1 rings (SSSR count). The Morgan fingerprint density at radius 2 is 2.19 bits per heavy atom. The number of benzene rings is 1. The lowest BCUT2D eigenvalue weighted by Crippen LogP contribution is -2.30. The van der Waals surface area contributed by atoms with Gasteiger partial charge in [-0.1, -0.05) is 15.9 Å². The highest BCUT2D eigenvalue weighted by atomic mass is 79.9. The van der Waals surface area contributed by atoms with E-state index in [0.717, 1.165) is 15.8 Å². The quantitative estimate of drug-likeness (QED) is 0.874. The second kappa shape index (κ2) is 6.89. The average molecular weight is 288 g/mol.